The third kappa shape index (κ3) is 4.14. The Kier molecular flexibility index (Phi) is 5.98. The largest absolute Gasteiger partial charge is 0.461 e. The van der Waals surface area contributed by atoms with Crippen molar-refractivity contribution in [1.82, 2.24) is 19.4 Å². The first-order valence-corrected chi connectivity index (χ1v) is 12.8. The van der Waals surface area contributed by atoms with E-state index in [4.69, 9.17) is 27.1 Å². The lowest BCUT2D eigenvalue weighted by molar-refractivity contribution is -0.203. The number of nitrogens with two attached hydrogens (primary N) is 1. The molecular formula is C27H22ClF3N6O3. The fraction of sp³-hybridized carbons (Fsp3) is 0.296. The van der Waals surface area contributed by atoms with Crippen molar-refractivity contribution in [3.05, 3.63) is 70.9 Å². The molecule has 3 N–H and O–H groups in total. The second-order valence-electron chi connectivity index (χ2n) is 10.1. The summed E-state index contributed by atoms with van der Waals surface area (Å²) in [5, 5.41) is 2.70. The molecule has 13 heteroatoms. The van der Waals surface area contributed by atoms with Crippen LogP contribution in [0.15, 0.2) is 48.8 Å². The fourth-order valence-electron chi connectivity index (χ4n) is 5.60. The molecule has 1 aromatic carbocycles. The van der Waals surface area contributed by atoms with Crippen molar-refractivity contribution < 1.29 is 27.5 Å². The summed E-state index contributed by atoms with van der Waals surface area (Å²) >= 11 is 6.56. The Hall–Kier alpha value is -4.19. The molecule has 4 aromatic rings. The van der Waals surface area contributed by atoms with E-state index in [-0.39, 0.29) is 35.2 Å². The standard InChI is InChI=1S/C27H22ClF3N6O3/c1-13-26(25(39)40-13)8-6-16(11-26)23-36-20(21-22(32)34-12-18(28)37(21)23)14-2-4-15(5-3-14)24(38)35-19-10-17(7-9-33-19)27(29,30)31/h2-5,7,9-10,12-13,16H,6,8,11H2,1H3,(H2,32,34)(H,33,35,38)/t13?,16-,26+/m1/s1. The van der Waals surface area contributed by atoms with E-state index in [0.717, 1.165) is 24.8 Å². The Morgan fingerprint density at radius 1 is 1.23 bits per heavy atom. The Morgan fingerprint density at radius 2 is 1.98 bits per heavy atom. The second-order valence-corrected chi connectivity index (χ2v) is 10.5. The van der Waals surface area contributed by atoms with Crippen molar-refractivity contribution in [2.24, 2.45) is 5.41 Å². The number of halogens is 4. The SMILES string of the molecule is CC1OC(=O)[C@]12CC[C@@H](c1nc(-c3ccc(C(=O)Nc4cc(C(F)(F)F)ccn4)cc3)c3c(N)ncc(Cl)n13)C2. The molecule has 3 atom stereocenters. The summed E-state index contributed by atoms with van der Waals surface area (Å²) in [6.45, 7) is 1.90. The molecule has 1 aliphatic heterocycles. The molecule has 206 valence electrons. The average molecular weight is 571 g/mol. The van der Waals surface area contributed by atoms with Gasteiger partial charge in [-0.05, 0) is 50.5 Å². The lowest BCUT2D eigenvalue weighted by Crippen LogP contribution is -2.53. The monoisotopic (exact) mass is 570 g/mol. The van der Waals surface area contributed by atoms with Gasteiger partial charge in [-0.15, -0.1) is 0 Å². The van der Waals surface area contributed by atoms with Crippen LogP contribution in [0.4, 0.5) is 24.8 Å². The zero-order chi connectivity index (χ0) is 28.4. The van der Waals surface area contributed by atoms with E-state index in [1.165, 1.54) is 18.3 Å². The molecule has 6 rings (SSSR count). The van der Waals surface area contributed by atoms with Crippen molar-refractivity contribution in [2.75, 3.05) is 11.1 Å². The van der Waals surface area contributed by atoms with Crippen molar-refractivity contribution in [2.45, 2.75) is 44.4 Å². The molecule has 0 radical (unpaired) electrons. The molecule has 2 aliphatic rings. The first kappa shape index (κ1) is 26.1. The lowest BCUT2D eigenvalue weighted by atomic mass is 9.76. The van der Waals surface area contributed by atoms with Gasteiger partial charge in [0.15, 0.2) is 0 Å². The molecule has 1 spiro atoms. The van der Waals surface area contributed by atoms with Crippen molar-refractivity contribution in [3.63, 3.8) is 0 Å². The molecule has 1 saturated heterocycles. The molecule has 1 unspecified atom stereocenters. The number of hydrogen-bond donors (Lipinski definition) is 2. The maximum Gasteiger partial charge on any atom is 0.416 e. The second kappa shape index (κ2) is 9.19. The van der Waals surface area contributed by atoms with E-state index < -0.39 is 23.1 Å². The van der Waals surface area contributed by atoms with Gasteiger partial charge in [0.2, 0.25) is 0 Å². The highest BCUT2D eigenvalue weighted by Crippen LogP contribution is 2.55. The predicted octanol–water partition coefficient (Wildman–Crippen LogP) is 5.50. The summed E-state index contributed by atoms with van der Waals surface area (Å²) in [5.41, 5.74) is 6.64. The van der Waals surface area contributed by atoms with Crippen LogP contribution in [0.2, 0.25) is 5.15 Å². The molecule has 40 heavy (non-hydrogen) atoms. The van der Waals surface area contributed by atoms with Crippen LogP contribution in [0, 0.1) is 5.41 Å². The van der Waals surface area contributed by atoms with Crippen molar-refractivity contribution in [3.8, 4) is 11.3 Å². The molecule has 4 heterocycles. The van der Waals surface area contributed by atoms with Gasteiger partial charge in [0.05, 0.1) is 11.8 Å². The molecule has 2 fully saturated rings. The fourth-order valence-corrected chi connectivity index (χ4v) is 5.82. The predicted molar refractivity (Wildman–Crippen MR) is 140 cm³/mol. The maximum absolute atomic E-state index is 13.0. The minimum atomic E-state index is -4.56. The normalized spacial score (nSPS) is 22.4. The Balaban J connectivity index is 1.31. The minimum Gasteiger partial charge on any atom is -0.461 e. The Morgan fingerprint density at radius 3 is 2.62 bits per heavy atom. The third-order valence-corrected chi connectivity index (χ3v) is 8.07. The van der Waals surface area contributed by atoms with Gasteiger partial charge in [-0.3, -0.25) is 14.0 Å². The zero-order valence-corrected chi connectivity index (χ0v) is 21.8. The van der Waals surface area contributed by atoms with Crippen molar-refractivity contribution in [1.29, 1.82) is 0 Å². The van der Waals surface area contributed by atoms with Gasteiger partial charge in [0.1, 0.15) is 45.3 Å². The number of rotatable bonds is 4. The number of carbonyl (C=O) groups excluding carboxylic acids is 2. The van der Waals surface area contributed by atoms with Crippen LogP contribution in [0.1, 0.15) is 53.8 Å². The van der Waals surface area contributed by atoms with Gasteiger partial charge >= 0.3 is 12.1 Å². The topological polar surface area (TPSA) is 124 Å². The molecule has 0 bridgehead atoms. The maximum atomic E-state index is 13.0. The summed E-state index contributed by atoms with van der Waals surface area (Å²) in [6.07, 6.45) is -0.320. The molecule has 1 amide bonds. The third-order valence-electron chi connectivity index (χ3n) is 7.80. The van der Waals surface area contributed by atoms with Crippen LogP contribution in [-0.2, 0) is 15.7 Å². The van der Waals surface area contributed by atoms with Crippen LogP contribution in [0.5, 0.6) is 0 Å². The van der Waals surface area contributed by atoms with Crippen LogP contribution in [0.25, 0.3) is 16.8 Å². The quantitative estimate of drug-likeness (QED) is 0.311. The van der Waals surface area contributed by atoms with Crippen LogP contribution in [0.3, 0.4) is 0 Å². The Labute approximate surface area is 230 Å². The minimum absolute atomic E-state index is 0.0686. The number of imidazole rings is 1. The summed E-state index contributed by atoms with van der Waals surface area (Å²) in [6, 6.07) is 7.94. The number of esters is 1. The van der Waals surface area contributed by atoms with Gasteiger partial charge in [0, 0.05) is 23.2 Å². The number of hydrogen-bond acceptors (Lipinski definition) is 7. The smallest absolute Gasteiger partial charge is 0.416 e. The van der Waals surface area contributed by atoms with E-state index in [2.05, 4.69) is 15.3 Å². The summed E-state index contributed by atoms with van der Waals surface area (Å²) in [7, 11) is 0. The summed E-state index contributed by atoms with van der Waals surface area (Å²) < 4.78 is 46.0. The summed E-state index contributed by atoms with van der Waals surface area (Å²) in [4.78, 5) is 37.9. The summed E-state index contributed by atoms with van der Waals surface area (Å²) in [5.74, 6) is -0.243. The Bertz CT molecular complexity index is 1670. The van der Waals surface area contributed by atoms with Gasteiger partial charge in [-0.2, -0.15) is 13.2 Å². The van der Waals surface area contributed by atoms with Crippen LogP contribution in [-0.4, -0.2) is 37.3 Å². The lowest BCUT2D eigenvalue weighted by Gasteiger charge is -2.42. The van der Waals surface area contributed by atoms with Gasteiger partial charge in [-0.25, -0.2) is 15.0 Å². The highest BCUT2D eigenvalue weighted by molar-refractivity contribution is 6.30. The van der Waals surface area contributed by atoms with Gasteiger partial charge < -0.3 is 15.8 Å². The first-order chi connectivity index (χ1) is 19.0. The number of anilines is 2. The van der Waals surface area contributed by atoms with Gasteiger partial charge in [-0.1, -0.05) is 23.7 Å². The van der Waals surface area contributed by atoms with Crippen molar-refractivity contribution >= 4 is 40.6 Å². The highest BCUT2D eigenvalue weighted by atomic mass is 35.5. The number of nitrogens with one attached hydrogen (secondary N) is 1. The van der Waals surface area contributed by atoms with Crippen LogP contribution < -0.4 is 11.1 Å². The van der Waals surface area contributed by atoms with E-state index in [9.17, 15) is 22.8 Å². The van der Waals surface area contributed by atoms with Gasteiger partial charge in [0.25, 0.3) is 5.91 Å². The van der Waals surface area contributed by atoms with E-state index >= 15 is 0 Å². The number of aromatic nitrogens is 4. The number of cyclic esters (lactones) is 1. The number of pyridine rings is 1. The first-order valence-electron chi connectivity index (χ1n) is 12.5. The average Bonchev–Trinajstić information content (AvgIpc) is 3.56. The van der Waals surface area contributed by atoms with E-state index in [0.29, 0.717) is 40.6 Å². The van der Waals surface area contributed by atoms with E-state index in [1.54, 1.807) is 16.5 Å². The number of alkyl halides is 3. The number of nitrogens with zero attached hydrogens (tertiary/aromatic N) is 4. The zero-order valence-electron chi connectivity index (χ0n) is 21.0. The van der Waals surface area contributed by atoms with Crippen LogP contribution >= 0.6 is 11.6 Å². The molecular weight excluding hydrogens is 549 g/mol. The molecule has 3 aromatic heterocycles. The molecule has 9 nitrogen and oxygen atoms in total. The number of carbonyl (C=O) groups is 2. The number of ether oxygens (including phenoxy) is 1. The molecule has 1 aliphatic carbocycles. The number of nitrogen functional groups attached to an aromatic ring is 1. The molecule has 1 saturated carbocycles. The van der Waals surface area contributed by atoms with E-state index in [1.807, 2.05) is 6.92 Å². The number of amides is 1. The highest BCUT2D eigenvalue weighted by Gasteiger charge is 2.59. The number of benzene rings is 1. The number of fused-ring (bicyclic) bond motifs is 1.